The highest BCUT2D eigenvalue weighted by Crippen LogP contribution is 2.29. The van der Waals surface area contributed by atoms with Gasteiger partial charge in [-0.2, -0.15) is 0 Å². The van der Waals surface area contributed by atoms with Crippen LogP contribution in [-0.4, -0.2) is 12.7 Å². The number of hydrogen-bond donors (Lipinski definition) is 0. The van der Waals surface area contributed by atoms with Crippen LogP contribution in [0.5, 0.6) is 5.75 Å². The zero-order chi connectivity index (χ0) is 8.97. The number of carbonyl (C=O) groups is 1. The lowest BCUT2D eigenvalue weighted by atomic mass is 10.3. The Hall–Kier alpha value is -0.480. The second kappa shape index (κ2) is 4.52. The smallest absolute Gasteiger partial charge is 0.298 e. The first-order chi connectivity index (χ1) is 5.77. The summed E-state index contributed by atoms with van der Waals surface area (Å²) < 4.78 is 5.68. The quantitative estimate of drug-likeness (QED) is 0.606. The Labute approximate surface area is 83.4 Å². The van der Waals surface area contributed by atoms with Crippen LogP contribution in [0, 0.1) is 0 Å². The fourth-order valence-electron chi connectivity index (χ4n) is 0.794. The van der Waals surface area contributed by atoms with Crippen molar-refractivity contribution in [1.82, 2.24) is 0 Å². The Bertz CT molecular complexity index is 288. The first kappa shape index (κ1) is 9.61. The summed E-state index contributed by atoms with van der Waals surface area (Å²) in [5.74, 6) is 0.590. The molecule has 1 aromatic carbocycles. The molecule has 0 unspecified atom stereocenters. The van der Waals surface area contributed by atoms with Gasteiger partial charge in [-0.25, -0.2) is 0 Å². The highest BCUT2D eigenvalue weighted by Gasteiger charge is 2.02. The lowest BCUT2D eigenvalue weighted by Gasteiger charge is -2.03. The van der Waals surface area contributed by atoms with Gasteiger partial charge in [-0.1, -0.05) is 15.9 Å². The summed E-state index contributed by atoms with van der Waals surface area (Å²) >= 11 is 4.83. The maximum absolute atomic E-state index is 10.1. The molecule has 64 valence electrons. The molecule has 4 heteroatoms. The van der Waals surface area contributed by atoms with Gasteiger partial charge in [-0.15, -0.1) is 11.8 Å². The standard InChI is InChI=1S/C8H7BrO2S/c1-12-8-3-2-6(9)4-7(8)11-5-10/h2-5H,1H3. The van der Waals surface area contributed by atoms with Gasteiger partial charge < -0.3 is 4.74 Å². The van der Waals surface area contributed by atoms with Crippen LogP contribution in [-0.2, 0) is 4.79 Å². The van der Waals surface area contributed by atoms with E-state index in [1.165, 1.54) is 11.8 Å². The summed E-state index contributed by atoms with van der Waals surface area (Å²) in [6, 6.07) is 5.57. The molecule has 0 aliphatic rings. The molecule has 0 fully saturated rings. The summed E-state index contributed by atoms with van der Waals surface area (Å²) in [6.07, 6.45) is 1.93. The van der Waals surface area contributed by atoms with E-state index < -0.39 is 0 Å². The summed E-state index contributed by atoms with van der Waals surface area (Å²) in [7, 11) is 0. The van der Waals surface area contributed by atoms with Crippen molar-refractivity contribution in [2.24, 2.45) is 0 Å². The number of hydrogen-bond acceptors (Lipinski definition) is 3. The van der Waals surface area contributed by atoms with Crippen molar-refractivity contribution in [3.63, 3.8) is 0 Å². The van der Waals surface area contributed by atoms with Crippen molar-refractivity contribution < 1.29 is 9.53 Å². The molecule has 0 heterocycles. The van der Waals surface area contributed by atoms with Gasteiger partial charge in [0.05, 0.1) is 0 Å². The number of halogens is 1. The van der Waals surface area contributed by atoms with Crippen LogP contribution in [0.1, 0.15) is 0 Å². The molecular formula is C8H7BrO2S. The Kier molecular flexibility index (Phi) is 3.62. The summed E-state index contributed by atoms with van der Waals surface area (Å²) in [4.78, 5) is 11.1. The van der Waals surface area contributed by atoms with E-state index in [9.17, 15) is 4.79 Å². The minimum atomic E-state index is 0.432. The Morgan fingerprint density at radius 3 is 2.92 bits per heavy atom. The van der Waals surface area contributed by atoms with Crippen LogP contribution in [0.15, 0.2) is 27.6 Å². The maximum atomic E-state index is 10.1. The van der Waals surface area contributed by atoms with E-state index in [-0.39, 0.29) is 0 Å². The minimum absolute atomic E-state index is 0.432. The molecular weight excluding hydrogens is 240 g/mol. The largest absolute Gasteiger partial charge is 0.428 e. The van der Waals surface area contributed by atoms with Crippen LogP contribution in [0.25, 0.3) is 0 Å². The molecule has 0 saturated heterocycles. The van der Waals surface area contributed by atoms with E-state index in [0.717, 1.165) is 9.37 Å². The van der Waals surface area contributed by atoms with Crippen molar-refractivity contribution in [2.45, 2.75) is 4.90 Å². The van der Waals surface area contributed by atoms with Crippen molar-refractivity contribution in [2.75, 3.05) is 6.26 Å². The molecule has 0 amide bonds. The van der Waals surface area contributed by atoms with Gasteiger partial charge in [-0.3, -0.25) is 4.79 Å². The third-order valence-corrected chi connectivity index (χ3v) is 2.57. The highest BCUT2D eigenvalue weighted by atomic mass is 79.9. The molecule has 1 aromatic rings. The van der Waals surface area contributed by atoms with Crippen LogP contribution in [0.4, 0.5) is 0 Å². The molecule has 0 radical (unpaired) electrons. The van der Waals surface area contributed by atoms with E-state index in [4.69, 9.17) is 4.74 Å². The predicted molar refractivity (Wildman–Crippen MR) is 52.6 cm³/mol. The van der Waals surface area contributed by atoms with Crippen LogP contribution in [0.3, 0.4) is 0 Å². The van der Waals surface area contributed by atoms with Gasteiger partial charge in [0.2, 0.25) is 0 Å². The van der Waals surface area contributed by atoms with Crippen molar-refractivity contribution >= 4 is 34.2 Å². The van der Waals surface area contributed by atoms with Gasteiger partial charge in [-0.05, 0) is 24.5 Å². The first-order valence-corrected chi connectivity index (χ1v) is 5.23. The molecule has 0 N–H and O–H groups in total. The molecule has 12 heavy (non-hydrogen) atoms. The van der Waals surface area contributed by atoms with E-state index in [1.807, 2.05) is 18.4 Å². The minimum Gasteiger partial charge on any atom is -0.428 e. The van der Waals surface area contributed by atoms with Gasteiger partial charge in [0, 0.05) is 9.37 Å². The van der Waals surface area contributed by atoms with Crippen molar-refractivity contribution in [3.05, 3.63) is 22.7 Å². The lowest BCUT2D eigenvalue weighted by molar-refractivity contribution is -0.120. The lowest BCUT2D eigenvalue weighted by Crippen LogP contribution is -1.90. The Morgan fingerprint density at radius 2 is 2.33 bits per heavy atom. The van der Waals surface area contributed by atoms with Gasteiger partial charge in [0.25, 0.3) is 6.47 Å². The molecule has 0 aliphatic carbocycles. The zero-order valence-electron chi connectivity index (χ0n) is 6.41. The number of ether oxygens (including phenoxy) is 1. The Balaban J connectivity index is 3.03. The number of thioether (sulfide) groups is 1. The summed E-state index contributed by atoms with van der Waals surface area (Å²) in [5, 5.41) is 0. The van der Waals surface area contributed by atoms with Gasteiger partial charge in [0.1, 0.15) is 5.75 Å². The third kappa shape index (κ3) is 2.25. The van der Waals surface area contributed by atoms with Gasteiger partial charge >= 0.3 is 0 Å². The Morgan fingerprint density at radius 1 is 1.58 bits per heavy atom. The van der Waals surface area contributed by atoms with Crippen LogP contribution >= 0.6 is 27.7 Å². The average molecular weight is 247 g/mol. The monoisotopic (exact) mass is 246 g/mol. The second-order valence-electron chi connectivity index (χ2n) is 2.01. The molecule has 0 aliphatic heterocycles. The van der Waals surface area contributed by atoms with Crippen LogP contribution < -0.4 is 4.74 Å². The number of carbonyl (C=O) groups excluding carboxylic acids is 1. The maximum Gasteiger partial charge on any atom is 0.298 e. The van der Waals surface area contributed by atoms with E-state index in [2.05, 4.69) is 15.9 Å². The highest BCUT2D eigenvalue weighted by molar-refractivity contribution is 9.10. The molecule has 2 nitrogen and oxygen atoms in total. The molecule has 1 rings (SSSR count). The van der Waals surface area contributed by atoms with E-state index in [1.54, 1.807) is 6.07 Å². The van der Waals surface area contributed by atoms with Crippen molar-refractivity contribution in [3.8, 4) is 5.75 Å². The van der Waals surface area contributed by atoms with Crippen molar-refractivity contribution in [1.29, 1.82) is 0 Å². The topological polar surface area (TPSA) is 26.3 Å². The van der Waals surface area contributed by atoms with Crippen LogP contribution in [0.2, 0.25) is 0 Å². The molecule has 0 spiro atoms. The normalized spacial score (nSPS) is 9.50. The first-order valence-electron chi connectivity index (χ1n) is 3.21. The molecule has 0 aromatic heterocycles. The predicted octanol–water partition coefficient (Wildman–Crippen LogP) is 2.71. The number of benzene rings is 1. The fraction of sp³-hybridized carbons (Fsp3) is 0.125. The molecule has 0 bridgehead atoms. The zero-order valence-corrected chi connectivity index (χ0v) is 8.81. The molecule has 0 saturated carbocycles. The molecule has 0 atom stereocenters. The third-order valence-electron chi connectivity index (χ3n) is 1.30. The SMILES string of the molecule is CSc1ccc(Br)cc1OC=O. The number of rotatable bonds is 3. The average Bonchev–Trinajstić information content (AvgIpc) is 2.05. The summed E-state index contributed by atoms with van der Waals surface area (Å²) in [5.41, 5.74) is 0. The van der Waals surface area contributed by atoms with E-state index in [0.29, 0.717) is 12.2 Å². The van der Waals surface area contributed by atoms with Gasteiger partial charge in [0.15, 0.2) is 0 Å². The summed E-state index contributed by atoms with van der Waals surface area (Å²) in [6.45, 7) is 0.432. The fourth-order valence-corrected chi connectivity index (χ4v) is 1.65. The van der Waals surface area contributed by atoms with E-state index >= 15 is 0 Å². The second-order valence-corrected chi connectivity index (χ2v) is 3.77.